The van der Waals surface area contributed by atoms with E-state index in [2.05, 4.69) is 5.32 Å². The minimum atomic E-state index is -0.385. The molecule has 18 heavy (non-hydrogen) atoms. The van der Waals surface area contributed by atoms with Crippen LogP contribution in [0.3, 0.4) is 0 Å². The summed E-state index contributed by atoms with van der Waals surface area (Å²) in [6.07, 6.45) is 5.22. The highest BCUT2D eigenvalue weighted by molar-refractivity contribution is 5.76. The van der Waals surface area contributed by atoms with Gasteiger partial charge in [0.2, 0.25) is 5.91 Å². The van der Waals surface area contributed by atoms with E-state index in [-0.39, 0.29) is 23.3 Å². The summed E-state index contributed by atoms with van der Waals surface area (Å²) in [5, 5.41) is 13.1. The van der Waals surface area contributed by atoms with Crippen molar-refractivity contribution in [2.75, 3.05) is 6.54 Å². The quantitative estimate of drug-likeness (QED) is 0.766. The normalized spacial score (nSPS) is 19.2. The Balaban J connectivity index is 2.32. The van der Waals surface area contributed by atoms with Crippen molar-refractivity contribution < 1.29 is 9.90 Å². The van der Waals surface area contributed by atoms with Crippen molar-refractivity contribution in [1.29, 1.82) is 0 Å². The summed E-state index contributed by atoms with van der Waals surface area (Å²) in [7, 11) is 0. The van der Waals surface area contributed by atoms with E-state index in [0.717, 1.165) is 0 Å². The number of hydrogen-bond acceptors (Lipinski definition) is 2. The molecule has 1 fully saturated rings. The lowest BCUT2D eigenvalue weighted by Crippen LogP contribution is -2.43. The predicted molar refractivity (Wildman–Crippen MR) is 74.2 cm³/mol. The van der Waals surface area contributed by atoms with Gasteiger partial charge < -0.3 is 10.4 Å². The van der Waals surface area contributed by atoms with Crippen molar-refractivity contribution in [3.63, 3.8) is 0 Å². The molecule has 1 atom stereocenters. The van der Waals surface area contributed by atoms with E-state index in [1.807, 2.05) is 27.7 Å². The van der Waals surface area contributed by atoms with Gasteiger partial charge in [0.15, 0.2) is 0 Å². The number of aliphatic hydroxyl groups excluding tert-OH is 1. The number of aliphatic hydroxyl groups is 1. The first-order valence-electron chi connectivity index (χ1n) is 7.27. The maximum atomic E-state index is 11.8. The fraction of sp³-hybridized carbons (Fsp3) is 0.933. The lowest BCUT2D eigenvalue weighted by molar-refractivity contribution is -0.123. The number of carbonyl (C=O) groups is 1. The molecule has 1 saturated carbocycles. The maximum Gasteiger partial charge on any atom is 0.220 e. The minimum absolute atomic E-state index is 0.144. The summed E-state index contributed by atoms with van der Waals surface area (Å²) in [4.78, 5) is 11.8. The zero-order valence-corrected chi connectivity index (χ0v) is 12.3. The standard InChI is InChI=1S/C15H29NO2/c1-11(2)14(18)15(3,4)10-16-13(17)9-12-7-5-6-8-12/h11-12,14,18H,5-10H2,1-4H3,(H,16,17). The molecular formula is C15H29NO2. The molecule has 0 aromatic heterocycles. The SMILES string of the molecule is CC(C)C(O)C(C)(C)CNC(=O)CC1CCCC1. The number of nitrogens with one attached hydrogen (secondary N) is 1. The van der Waals surface area contributed by atoms with Gasteiger partial charge in [-0.05, 0) is 24.7 Å². The Bertz CT molecular complexity index is 268. The van der Waals surface area contributed by atoms with Crippen LogP contribution in [0.15, 0.2) is 0 Å². The molecule has 0 saturated heterocycles. The predicted octanol–water partition coefficient (Wildman–Crippen LogP) is 2.73. The van der Waals surface area contributed by atoms with Gasteiger partial charge in [-0.15, -0.1) is 0 Å². The largest absolute Gasteiger partial charge is 0.392 e. The van der Waals surface area contributed by atoms with Crippen LogP contribution in [0.25, 0.3) is 0 Å². The van der Waals surface area contributed by atoms with Crippen LogP contribution in [-0.2, 0) is 4.79 Å². The molecule has 1 unspecified atom stereocenters. The second-order valence-corrected chi connectivity index (χ2v) is 6.81. The van der Waals surface area contributed by atoms with Crippen LogP contribution in [0.1, 0.15) is 59.8 Å². The Morgan fingerprint density at radius 3 is 2.39 bits per heavy atom. The summed E-state index contributed by atoms with van der Waals surface area (Å²) in [6.45, 7) is 8.58. The van der Waals surface area contributed by atoms with E-state index >= 15 is 0 Å². The van der Waals surface area contributed by atoms with E-state index in [1.165, 1.54) is 25.7 Å². The van der Waals surface area contributed by atoms with Crippen molar-refractivity contribution in [2.45, 2.75) is 65.9 Å². The van der Waals surface area contributed by atoms with E-state index < -0.39 is 0 Å². The zero-order chi connectivity index (χ0) is 13.8. The summed E-state index contributed by atoms with van der Waals surface area (Å²) in [5.74, 6) is 0.945. The highest BCUT2D eigenvalue weighted by Gasteiger charge is 2.30. The first-order chi connectivity index (χ1) is 8.33. The molecule has 0 aliphatic heterocycles. The lowest BCUT2D eigenvalue weighted by atomic mass is 9.80. The van der Waals surface area contributed by atoms with Gasteiger partial charge in [0.1, 0.15) is 0 Å². The lowest BCUT2D eigenvalue weighted by Gasteiger charge is -2.33. The van der Waals surface area contributed by atoms with E-state index in [9.17, 15) is 9.90 Å². The van der Waals surface area contributed by atoms with Crippen LogP contribution in [0.4, 0.5) is 0 Å². The highest BCUT2D eigenvalue weighted by atomic mass is 16.3. The van der Waals surface area contributed by atoms with Crippen molar-refractivity contribution >= 4 is 5.91 Å². The first-order valence-corrected chi connectivity index (χ1v) is 7.27. The molecule has 2 N–H and O–H groups in total. The van der Waals surface area contributed by atoms with Gasteiger partial charge in [0, 0.05) is 18.4 Å². The Morgan fingerprint density at radius 1 is 1.33 bits per heavy atom. The third-order valence-electron chi connectivity index (χ3n) is 4.12. The molecule has 0 spiro atoms. The molecule has 0 aromatic carbocycles. The summed E-state index contributed by atoms with van der Waals surface area (Å²) >= 11 is 0. The minimum Gasteiger partial charge on any atom is -0.392 e. The third kappa shape index (κ3) is 4.60. The molecule has 3 heteroatoms. The van der Waals surface area contributed by atoms with Crippen LogP contribution in [0.2, 0.25) is 0 Å². The summed E-state index contributed by atoms with van der Waals surface area (Å²) in [5.41, 5.74) is -0.264. The zero-order valence-electron chi connectivity index (χ0n) is 12.3. The van der Waals surface area contributed by atoms with Crippen LogP contribution in [0, 0.1) is 17.3 Å². The van der Waals surface area contributed by atoms with Gasteiger partial charge in [-0.2, -0.15) is 0 Å². The van der Waals surface area contributed by atoms with Gasteiger partial charge in [0.25, 0.3) is 0 Å². The average molecular weight is 255 g/mol. The monoisotopic (exact) mass is 255 g/mol. The summed E-state index contributed by atoms with van der Waals surface area (Å²) < 4.78 is 0. The van der Waals surface area contributed by atoms with Gasteiger partial charge in [-0.3, -0.25) is 4.79 Å². The topological polar surface area (TPSA) is 49.3 Å². The van der Waals surface area contributed by atoms with E-state index in [4.69, 9.17) is 0 Å². The Labute approximate surface area is 111 Å². The molecule has 3 nitrogen and oxygen atoms in total. The van der Waals surface area contributed by atoms with Crippen LogP contribution < -0.4 is 5.32 Å². The van der Waals surface area contributed by atoms with Gasteiger partial charge >= 0.3 is 0 Å². The highest BCUT2D eigenvalue weighted by Crippen LogP contribution is 2.28. The smallest absolute Gasteiger partial charge is 0.220 e. The van der Waals surface area contributed by atoms with E-state index in [0.29, 0.717) is 18.9 Å². The Kier molecular flexibility index (Phi) is 5.64. The number of rotatable bonds is 6. The fourth-order valence-corrected chi connectivity index (χ4v) is 2.88. The van der Waals surface area contributed by atoms with Gasteiger partial charge in [0.05, 0.1) is 6.10 Å². The Morgan fingerprint density at radius 2 is 1.89 bits per heavy atom. The van der Waals surface area contributed by atoms with Crippen molar-refractivity contribution in [1.82, 2.24) is 5.32 Å². The maximum absolute atomic E-state index is 11.8. The first kappa shape index (κ1) is 15.5. The van der Waals surface area contributed by atoms with Gasteiger partial charge in [-0.1, -0.05) is 40.5 Å². The van der Waals surface area contributed by atoms with Gasteiger partial charge in [-0.25, -0.2) is 0 Å². The second-order valence-electron chi connectivity index (χ2n) is 6.81. The molecule has 106 valence electrons. The summed E-state index contributed by atoms with van der Waals surface area (Å²) in [6, 6.07) is 0. The van der Waals surface area contributed by atoms with Crippen LogP contribution >= 0.6 is 0 Å². The molecule has 1 amide bonds. The molecule has 0 heterocycles. The average Bonchev–Trinajstić information content (AvgIpc) is 2.78. The van der Waals surface area contributed by atoms with E-state index in [1.54, 1.807) is 0 Å². The van der Waals surface area contributed by atoms with Crippen molar-refractivity contribution in [2.24, 2.45) is 17.3 Å². The molecule has 1 aliphatic rings. The number of carbonyl (C=O) groups excluding carboxylic acids is 1. The fourth-order valence-electron chi connectivity index (χ4n) is 2.88. The van der Waals surface area contributed by atoms with Crippen molar-refractivity contribution in [3.8, 4) is 0 Å². The third-order valence-corrected chi connectivity index (χ3v) is 4.12. The van der Waals surface area contributed by atoms with Crippen LogP contribution in [0.5, 0.6) is 0 Å². The molecule has 0 aromatic rings. The molecular weight excluding hydrogens is 226 g/mol. The molecule has 1 aliphatic carbocycles. The second kappa shape index (κ2) is 6.55. The number of amides is 1. The Hall–Kier alpha value is -0.570. The number of hydrogen-bond donors (Lipinski definition) is 2. The molecule has 0 bridgehead atoms. The van der Waals surface area contributed by atoms with Crippen LogP contribution in [-0.4, -0.2) is 23.7 Å². The molecule has 1 rings (SSSR count). The van der Waals surface area contributed by atoms with Crippen molar-refractivity contribution in [3.05, 3.63) is 0 Å². The molecule has 0 radical (unpaired) electrons.